The van der Waals surface area contributed by atoms with Crippen LogP contribution in [0.2, 0.25) is 0 Å². The van der Waals surface area contributed by atoms with Crippen molar-refractivity contribution in [2.24, 2.45) is 0 Å². The zero-order valence-electron chi connectivity index (χ0n) is 14.4. The molecule has 1 heterocycles. The predicted molar refractivity (Wildman–Crippen MR) is 93.0 cm³/mol. The summed E-state index contributed by atoms with van der Waals surface area (Å²) in [5, 5.41) is 0. The van der Waals surface area contributed by atoms with Gasteiger partial charge in [-0.15, -0.1) is 0 Å². The molecule has 0 fully saturated rings. The molecule has 1 aromatic carbocycles. The van der Waals surface area contributed by atoms with E-state index in [1.807, 2.05) is 12.1 Å². The Bertz CT molecular complexity index is 627. The number of hydrogen-bond acceptors (Lipinski definition) is 3. The van der Waals surface area contributed by atoms with E-state index >= 15 is 0 Å². The van der Waals surface area contributed by atoms with E-state index in [1.165, 1.54) is 5.56 Å². The number of Topliss-reactive ketones (excluding diaryl/α,β-unsaturated/α-hetero) is 1. The van der Waals surface area contributed by atoms with Crippen LogP contribution in [-0.2, 0) is 5.41 Å². The van der Waals surface area contributed by atoms with E-state index in [1.54, 1.807) is 24.5 Å². The van der Waals surface area contributed by atoms with Crippen LogP contribution in [0.3, 0.4) is 0 Å². The minimum absolute atomic E-state index is 0.0140. The van der Waals surface area contributed by atoms with Crippen molar-refractivity contribution in [1.82, 2.24) is 4.98 Å². The summed E-state index contributed by atoms with van der Waals surface area (Å²) in [6, 6.07) is 11.6. The third kappa shape index (κ3) is 4.65. The van der Waals surface area contributed by atoms with Gasteiger partial charge in [0.25, 0.3) is 0 Å². The van der Waals surface area contributed by atoms with Gasteiger partial charge in [-0.2, -0.15) is 0 Å². The minimum atomic E-state index is -0.468. The molecule has 3 heteroatoms. The lowest BCUT2D eigenvalue weighted by molar-refractivity contribution is 0.0777. The highest BCUT2D eigenvalue weighted by molar-refractivity contribution is 5.99. The van der Waals surface area contributed by atoms with Crippen molar-refractivity contribution in [3.63, 3.8) is 0 Å². The topological polar surface area (TPSA) is 39.2 Å². The van der Waals surface area contributed by atoms with Crippen molar-refractivity contribution in [3.8, 4) is 5.75 Å². The Balaban J connectivity index is 2.15. The Labute approximate surface area is 138 Å². The Morgan fingerprint density at radius 1 is 1.17 bits per heavy atom. The normalized spacial score (nSPS) is 12.7. The summed E-state index contributed by atoms with van der Waals surface area (Å²) in [6.07, 6.45) is 4.37. The molecule has 2 aromatic rings. The van der Waals surface area contributed by atoms with Crippen LogP contribution in [0, 0.1) is 0 Å². The Hall–Kier alpha value is -2.16. The summed E-state index contributed by atoms with van der Waals surface area (Å²) in [7, 11) is 0. The number of carbonyl (C=O) groups is 1. The number of ketones is 1. The average molecular weight is 311 g/mol. The first-order chi connectivity index (χ1) is 10.9. The van der Waals surface area contributed by atoms with Crippen molar-refractivity contribution < 1.29 is 9.53 Å². The van der Waals surface area contributed by atoms with Crippen molar-refractivity contribution in [2.45, 2.75) is 52.1 Å². The smallest absolute Gasteiger partial charge is 0.204 e. The highest BCUT2D eigenvalue weighted by Gasteiger charge is 2.21. The van der Waals surface area contributed by atoms with Gasteiger partial charge >= 0.3 is 0 Å². The number of nitrogens with zero attached hydrogens (tertiary/aromatic N) is 1. The van der Waals surface area contributed by atoms with E-state index in [4.69, 9.17) is 4.74 Å². The fraction of sp³-hybridized carbons (Fsp3) is 0.400. The van der Waals surface area contributed by atoms with Gasteiger partial charge in [0, 0.05) is 18.0 Å². The zero-order valence-corrected chi connectivity index (χ0v) is 14.4. The minimum Gasteiger partial charge on any atom is -0.482 e. The molecule has 1 atom stereocenters. The first-order valence-corrected chi connectivity index (χ1v) is 8.13. The summed E-state index contributed by atoms with van der Waals surface area (Å²) in [6.45, 7) is 8.58. The molecule has 0 N–H and O–H groups in total. The van der Waals surface area contributed by atoms with Crippen LogP contribution in [0.4, 0.5) is 0 Å². The van der Waals surface area contributed by atoms with Crippen LogP contribution in [0.15, 0.2) is 48.8 Å². The van der Waals surface area contributed by atoms with Crippen molar-refractivity contribution in [3.05, 3.63) is 59.9 Å². The number of rotatable bonds is 6. The van der Waals surface area contributed by atoms with Crippen LogP contribution >= 0.6 is 0 Å². The van der Waals surface area contributed by atoms with Crippen LogP contribution < -0.4 is 4.74 Å². The fourth-order valence-corrected chi connectivity index (χ4v) is 2.40. The van der Waals surface area contributed by atoms with Crippen molar-refractivity contribution >= 4 is 5.78 Å². The van der Waals surface area contributed by atoms with E-state index in [0.717, 1.165) is 12.2 Å². The second-order valence-corrected chi connectivity index (χ2v) is 6.78. The van der Waals surface area contributed by atoms with Gasteiger partial charge < -0.3 is 4.74 Å². The van der Waals surface area contributed by atoms with Crippen molar-refractivity contribution in [1.29, 1.82) is 0 Å². The molecule has 0 saturated carbocycles. The van der Waals surface area contributed by atoms with Gasteiger partial charge in [0.2, 0.25) is 5.78 Å². The lowest BCUT2D eigenvalue weighted by atomic mass is 9.87. The average Bonchev–Trinajstić information content (AvgIpc) is 2.54. The third-order valence-electron chi connectivity index (χ3n) is 3.79. The molecular formula is C20H25NO2. The monoisotopic (exact) mass is 311 g/mol. The summed E-state index contributed by atoms with van der Waals surface area (Å²) in [5.74, 6) is 0.716. The second kappa shape index (κ2) is 7.40. The molecule has 0 aliphatic heterocycles. The van der Waals surface area contributed by atoms with E-state index in [2.05, 4.69) is 44.8 Å². The zero-order chi connectivity index (χ0) is 16.9. The van der Waals surface area contributed by atoms with Crippen LogP contribution in [0.25, 0.3) is 0 Å². The summed E-state index contributed by atoms with van der Waals surface area (Å²) < 4.78 is 5.96. The molecule has 0 spiro atoms. The van der Waals surface area contributed by atoms with Crippen LogP contribution in [0.1, 0.15) is 56.5 Å². The molecule has 0 bridgehead atoms. The van der Waals surface area contributed by atoms with E-state index in [9.17, 15) is 4.79 Å². The fourth-order valence-electron chi connectivity index (χ4n) is 2.40. The second-order valence-electron chi connectivity index (χ2n) is 6.78. The van der Waals surface area contributed by atoms with Gasteiger partial charge in [0.1, 0.15) is 5.75 Å². The number of hydrogen-bond donors (Lipinski definition) is 0. The molecule has 0 aliphatic carbocycles. The molecule has 3 nitrogen and oxygen atoms in total. The molecule has 1 unspecified atom stereocenters. The van der Waals surface area contributed by atoms with Crippen LogP contribution in [-0.4, -0.2) is 16.9 Å². The van der Waals surface area contributed by atoms with Crippen molar-refractivity contribution in [2.75, 3.05) is 0 Å². The van der Waals surface area contributed by atoms with Gasteiger partial charge in [0.15, 0.2) is 6.10 Å². The maximum atomic E-state index is 12.6. The predicted octanol–water partition coefficient (Wildman–Crippen LogP) is 4.81. The lowest BCUT2D eigenvalue weighted by Crippen LogP contribution is -2.27. The number of aromatic nitrogens is 1. The van der Waals surface area contributed by atoms with Gasteiger partial charge in [-0.3, -0.25) is 9.78 Å². The standard InChI is InChI=1S/C20H25NO2/c1-5-7-18(19(22)15-8-6-13-21-14-15)23-17-11-9-16(10-12-17)20(2,3)4/h6,8-14,18H,5,7H2,1-4H3. The molecule has 122 valence electrons. The first kappa shape index (κ1) is 17.2. The molecule has 0 amide bonds. The maximum Gasteiger partial charge on any atom is 0.204 e. The summed E-state index contributed by atoms with van der Waals surface area (Å²) in [4.78, 5) is 16.6. The van der Waals surface area contributed by atoms with Gasteiger partial charge in [-0.25, -0.2) is 0 Å². The summed E-state index contributed by atoms with van der Waals surface area (Å²) in [5.41, 5.74) is 1.94. The molecule has 0 saturated heterocycles. The van der Waals surface area contributed by atoms with Crippen LogP contribution in [0.5, 0.6) is 5.75 Å². The molecule has 0 radical (unpaired) electrons. The van der Waals surface area contributed by atoms with Gasteiger partial charge in [0.05, 0.1) is 0 Å². The van der Waals surface area contributed by atoms with E-state index in [0.29, 0.717) is 12.0 Å². The number of pyridine rings is 1. The molecule has 2 rings (SSSR count). The number of benzene rings is 1. The first-order valence-electron chi connectivity index (χ1n) is 8.13. The van der Waals surface area contributed by atoms with Gasteiger partial charge in [-0.1, -0.05) is 46.2 Å². The number of carbonyl (C=O) groups excluding carboxylic acids is 1. The SMILES string of the molecule is CCCC(Oc1ccc(C(C)(C)C)cc1)C(=O)c1cccnc1. The third-order valence-corrected chi connectivity index (χ3v) is 3.79. The largest absolute Gasteiger partial charge is 0.482 e. The Morgan fingerprint density at radius 3 is 2.39 bits per heavy atom. The Kier molecular flexibility index (Phi) is 5.54. The quantitative estimate of drug-likeness (QED) is 0.719. The number of ether oxygens (including phenoxy) is 1. The van der Waals surface area contributed by atoms with E-state index < -0.39 is 6.10 Å². The molecule has 1 aromatic heterocycles. The Morgan fingerprint density at radius 2 is 1.87 bits per heavy atom. The highest BCUT2D eigenvalue weighted by Crippen LogP contribution is 2.25. The molecular weight excluding hydrogens is 286 g/mol. The van der Waals surface area contributed by atoms with Gasteiger partial charge in [-0.05, 0) is 41.7 Å². The maximum absolute atomic E-state index is 12.6. The molecule has 23 heavy (non-hydrogen) atoms. The summed E-state index contributed by atoms with van der Waals surface area (Å²) >= 11 is 0. The highest BCUT2D eigenvalue weighted by atomic mass is 16.5. The molecule has 0 aliphatic rings. The van der Waals surface area contributed by atoms with E-state index in [-0.39, 0.29) is 11.2 Å². The lowest BCUT2D eigenvalue weighted by Gasteiger charge is -2.21.